The molecule has 0 aliphatic carbocycles. The van der Waals surface area contributed by atoms with Crippen LogP contribution in [0.4, 0.5) is 11.4 Å². The quantitative estimate of drug-likeness (QED) is 0.403. The Bertz CT molecular complexity index is 1060. The summed E-state index contributed by atoms with van der Waals surface area (Å²) in [4.78, 5) is 10.6. The number of nitro groups is 1. The van der Waals surface area contributed by atoms with E-state index in [1.54, 1.807) is 12.1 Å². The summed E-state index contributed by atoms with van der Waals surface area (Å²) in [6.07, 6.45) is 1.38. The second kappa shape index (κ2) is 9.06. The fourth-order valence-electron chi connectivity index (χ4n) is 2.63. The van der Waals surface area contributed by atoms with E-state index in [2.05, 4.69) is 10.5 Å². The number of halogens is 2. The van der Waals surface area contributed by atoms with Gasteiger partial charge in [-0.2, -0.15) is 9.41 Å². The first kappa shape index (κ1) is 21.5. The molecule has 1 saturated heterocycles. The molecule has 0 unspecified atom stereocenters. The van der Waals surface area contributed by atoms with Crippen molar-refractivity contribution in [3.63, 3.8) is 0 Å². The second-order valence-electron chi connectivity index (χ2n) is 5.99. The molecule has 3 rings (SSSR count). The van der Waals surface area contributed by atoms with Crippen LogP contribution < -0.4 is 5.43 Å². The summed E-state index contributed by atoms with van der Waals surface area (Å²) >= 11 is 11.9. The maximum Gasteiger partial charge on any atom is 0.295 e. The number of anilines is 1. The van der Waals surface area contributed by atoms with Crippen LogP contribution in [0, 0.1) is 10.1 Å². The SMILES string of the molecule is O=[N+]([O-])c1cc(S(=O)(=O)N2CCOCC2)ccc1N/N=C\c1ccc(Cl)cc1Cl. The highest BCUT2D eigenvalue weighted by Gasteiger charge is 2.28. The van der Waals surface area contributed by atoms with Crippen LogP contribution in [0.1, 0.15) is 5.56 Å². The molecule has 154 valence electrons. The molecule has 1 N–H and O–H groups in total. The number of benzene rings is 2. The van der Waals surface area contributed by atoms with Crippen molar-refractivity contribution in [3.05, 3.63) is 62.1 Å². The molecule has 0 amide bonds. The van der Waals surface area contributed by atoms with Crippen molar-refractivity contribution in [1.82, 2.24) is 4.31 Å². The van der Waals surface area contributed by atoms with Crippen LogP contribution in [0.2, 0.25) is 10.0 Å². The van der Waals surface area contributed by atoms with E-state index in [0.29, 0.717) is 15.6 Å². The summed E-state index contributed by atoms with van der Waals surface area (Å²) in [6.45, 7) is 0.955. The van der Waals surface area contributed by atoms with Crippen LogP contribution in [0.3, 0.4) is 0 Å². The highest BCUT2D eigenvalue weighted by Crippen LogP contribution is 2.29. The van der Waals surface area contributed by atoms with Gasteiger partial charge in [0.15, 0.2) is 0 Å². The van der Waals surface area contributed by atoms with Crippen molar-refractivity contribution >= 4 is 50.8 Å². The third-order valence-electron chi connectivity index (χ3n) is 4.12. The molecule has 0 spiro atoms. The molecule has 12 heteroatoms. The average molecular weight is 459 g/mol. The van der Waals surface area contributed by atoms with E-state index < -0.39 is 20.6 Å². The van der Waals surface area contributed by atoms with Gasteiger partial charge in [0, 0.05) is 29.7 Å². The molecule has 2 aromatic rings. The monoisotopic (exact) mass is 458 g/mol. The Labute approximate surface area is 177 Å². The van der Waals surface area contributed by atoms with Gasteiger partial charge < -0.3 is 4.74 Å². The number of nitro benzene ring substituents is 1. The molecule has 1 fully saturated rings. The van der Waals surface area contributed by atoms with Crippen molar-refractivity contribution in [2.24, 2.45) is 5.10 Å². The van der Waals surface area contributed by atoms with Crippen LogP contribution in [-0.4, -0.2) is 50.2 Å². The number of hydrogen-bond donors (Lipinski definition) is 1. The van der Waals surface area contributed by atoms with Gasteiger partial charge in [-0.05, 0) is 24.3 Å². The molecule has 0 bridgehead atoms. The summed E-state index contributed by atoms with van der Waals surface area (Å²) in [6, 6.07) is 8.41. The third-order valence-corrected chi connectivity index (χ3v) is 6.58. The molecule has 2 aromatic carbocycles. The Morgan fingerprint density at radius 3 is 2.55 bits per heavy atom. The topological polar surface area (TPSA) is 114 Å². The Kier molecular flexibility index (Phi) is 6.70. The largest absolute Gasteiger partial charge is 0.379 e. The lowest BCUT2D eigenvalue weighted by Crippen LogP contribution is -2.40. The summed E-state index contributed by atoms with van der Waals surface area (Å²) in [5, 5.41) is 16.2. The maximum atomic E-state index is 12.7. The van der Waals surface area contributed by atoms with Crippen molar-refractivity contribution in [3.8, 4) is 0 Å². The molecule has 0 atom stereocenters. The zero-order valence-electron chi connectivity index (χ0n) is 14.9. The van der Waals surface area contributed by atoms with Gasteiger partial charge in [-0.15, -0.1) is 0 Å². The number of hydrogen-bond acceptors (Lipinski definition) is 7. The van der Waals surface area contributed by atoms with Crippen molar-refractivity contribution in [2.75, 3.05) is 31.7 Å². The lowest BCUT2D eigenvalue weighted by Gasteiger charge is -2.26. The smallest absolute Gasteiger partial charge is 0.295 e. The molecule has 1 heterocycles. The first-order valence-electron chi connectivity index (χ1n) is 8.39. The molecular formula is C17H16Cl2N4O5S. The number of nitrogens with one attached hydrogen (secondary N) is 1. The Balaban J connectivity index is 1.84. The predicted molar refractivity (Wildman–Crippen MR) is 110 cm³/mol. The predicted octanol–water partition coefficient (Wildman–Crippen LogP) is 3.37. The minimum absolute atomic E-state index is 0.0391. The van der Waals surface area contributed by atoms with Crippen LogP contribution in [0.5, 0.6) is 0 Å². The van der Waals surface area contributed by atoms with Gasteiger partial charge in [-0.25, -0.2) is 8.42 Å². The molecular weight excluding hydrogens is 443 g/mol. The van der Waals surface area contributed by atoms with Crippen LogP contribution >= 0.6 is 23.2 Å². The van der Waals surface area contributed by atoms with Gasteiger partial charge in [-0.1, -0.05) is 29.3 Å². The van der Waals surface area contributed by atoms with Crippen molar-refractivity contribution in [1.29, 1.82) is 0 Å². The number of sulfonamides is 1. The second-order valence-corrected chi connectivity index (χ2v) is 8.77. The Morgan fingerprint density at radius 1 is 1.17 bits per heavy atom. The average Bonchev–Trinajstić information content (AvgIpc) is 2.70. The van der Waals surface area contributed by atoms with E-state index in [1.807, 2.05) is 0 Å². The van der Waals surface area contributed by atoms with E-state index in [1.165, 1.54) is 28.7 Å². The van der Waals surface area contributed by atoms with Gasteiger partial charge in [-0.3, -0.25) is 15.5 Å². The van der Waals surface area contributed by atoms with Crippen molar-refractivity contribution < 1.29 is 18.1 Å². The maximum absolute atomic E-state index is 12.7. The Morgan fingerprint density at radius 2 is 1.90 bits per heavy atom. The van der Waals surface area contributed by atoms with E-state index in [4.69, 9.17) is 27.9 Å². The summed E-state index contributed by atoms with van der Waals surface area (Å²) in [7, 11) is -3.86. The van der Waals surface area contributed by atoms with Gasteiger partial charge in [0.05, 0.1) is 34.3 Å². The van der Waals surface area contributed by atoms with E-state index >= 15 is 0 Å². The molecule has 0 aromatic heterocycles. The summed E-state index contributed by atoms with van der Waals surface area (Å²) in [5.41, 5.74) is 2.73. The number of rotatable bonds is 6. The zero-order valence-corrected chi connectivity index (χ0v) is 17.2. The highest BCUT2D eigenvalue weighted by atomic mass is 35.5. The van der Waals surface area contributed by atoms with Gasteiger partial charge in [0.25, 0.3) is 5.69 Å². The molecule has 0 radical (unpaired) electrons. The van der Waals surface area contributed by atoms with E-state index in [9.17, 15) is 18.5 Å². The normalized spacial score (nSPS) is 15.5. The van der Waals surface area contributed by atoms with Gasteiger partial charge in [0.2, 0.25) is 10.0 Å². The number of hydrazone groups is 1. The van der Waals surface area contributed by atoms with Crippen LogP contribution in [0.25, 0.3) is 0 Å². The fourth-order valence-corrected chi connectivity index (χ4v) is 4.52. The van der Waals surface area contributed by atoms with Crippen LogP contribution in [-0.2, 0) is 14.8 Å². The summed E-state index contributed by atoms with van der Waals surface area (Å²) < 4.78 is 31.8. The highest BCUT2D eigenvalue weighted by molar-refractivity contribution is 7.89. The van der Waals surface area contributed by atoms with Crippen molar-refractivity contribution in [2.45, 2.75) is 4.90 Å². The zero-order chi connectivity index (χ0) is 21.0. The van der Waals surface area contributed by atoms with Crippen LogP contribution in [0.15, 0.2) is 46.4 Å². The van der Waals surface area contributed by atoms with Gasteiger partial charge >= 0.3 is 0 Å². The first-order chi connectivity index (χ1) is 13.8. The number of morpholine rings is 1. The van der Waals surface area contributed by atoms with Gasteiger partial charge in [0.1, 0.15) is 5.69 Å². The minimum Gasteiger partial charge on any atom is -0.379 e. The van der Waals surface area contributed by atoms with E-state index in [-0.39, 0.29) is 36.9 Å². The lowest BCUT2D eigenvalue weighted by atomic mass is 10.2. The Hall–Kier alpha value is -2.24. The fraction of sp³-hybridized carbons (Fsp3) is 0.235. The molecule has 1 aliphatic rings. The lowest BCUT2D eigenvalue weighted by molar-refractivity contribution is -0.384. The number of nitrogens with zero attached hydrogens (tertiary/aromatic N) is 3. The molecule has 0 saturated carbocycles. The molecule has 9 nitrogen and oxygen atoms in total. The molecule has 29 heavy (non-hydrogen) atoms. The number of ether oxygens (including phenoxy) is 1. The first-order valence-corrected chi connectivity index (χ1v) is 10.6. The standard InChI is InChI=1S/C17H16Cl2N4O5S/c18-13-2-1-12(15(19)9-13)11-20-21-16-4-3-14(10-17(16)23(24)25)29(26,27)22-5-7-28-8-6-22/h1-4,9-11,21H,5-8H2/b20-11-. The van der Waals surface area contributed by atoms with E-state index in [0.717, 1.165) is 6.07 Å². The molecule has 1 aliphatic heterocycles. The minimum atomic E-state index is -3.86. The third kappa shape index (κ3) is 5.03. The summed E-state index contributed by atoms with van der Waals surface area (Å²) in [5.74, 6) is 0.